The summed E-state index contributed by atoms with van der Waals surface area (Å²) >= 11 is 0. The van der Waals surface area contributed by atoms with Crippen LogP contribution in [0.3, 0.4) is 0 Å². The van der Waals surface area contributed by atoms with Crippen LogP contribution in [-0.4, -0.2) is 69.8 Å². The molecule has 1 atom stereocenters. The van der Waals surface area contributed by atoms with Crippen molar-refractivity contribution in [3.8, 4) is 11.4 Å². The van der Waals surface area contributed by atoms with Crippen molar-refractivity contribution >= 4 is 23.9 Å². The van der Waals surface area contributed by atoms with Crippen molar-refractivity contribution < 1.29 is 19.1 Å². The molecule has 0 N–H and O–H groups in total. The Morgan fingerprint density at radius 3 is 2.37 bits per heavy atom. The first-order chi connectivity index (χ1) is 18.4. The number of nitrogens with zero attached hydrogens (tertiary/aromatic N) is 4. The molecule has 3 aromatic rings. The Bertz CT molecular complexity index is 1360. The van der Waals surface area contributed by atoms with Crippen LogP contribution >= 0.6 is 0 Å². The molecule has 194 valence electrons. The zero-order valence-corrected chi connectivity index (χ0v) is 21.5. The number of carbonyl (C=O) groups excluding carboxylic acids is 3. The molecule has 38 heavy (non-hydrogen) atoms. The lowest BCUT2D eigenvalue weighted by atomic mass is 10.1. The fourth-order valence-electron chi connectivity index (χ4n) is 4.34. The molecule has 2 aromatic carbocycles. The number of esters is 1. The van der Waals surface area contributed by atoms with E-state index >= 15 is 0 Å². The summed E-state index contributed by atoms with van der Waals surface area (Å²) in [7, 11) is 0. The molecule has 1 aromatic heterocycles. The second-order valence-electron chi connectivity index (χ2n) is 8.99. The second-order valence-corrected chi connectivity index (χ2v) is 8.99. The molecule has 1 saturated heterocycles. The van der Waals surface area contributed by atoms with Crippen molar-refractivity contribution in [1.29, 1.82) is 0 Å². The summed E-state index contributed by atoms with van der Waals surface area (Å²) in [5.74, 6) is -0.860. The van der Waals surface area contributed by atoms with Crippen LogP contribution < -0.4 is 0 Å². The molecule has 1 aliphatic rings. The van der Waals surface area contributed by atoms with Crippen LogP contribution in [-0.2, 0) is 9.53 Å². The number of carbonyl (C=O) groups is 3. The third-order valence-electron chi connectivity index (χ3n) is 6.28. The van der Waals surface area contributed by atoms with Gasteiger partial charge in [-0.25, -0.2) is 14.8 Å². The van der Waals surface area contributed by atoms with Crippen LogP contribution in [0, 0.1) is 6.92 Å². The van der Waals surface area contributed by atoms with Gasteiger partial charge in [0, 0.05) is 37.3 Å². The van der Waals surface area contributed by atoms with Gasteiger partial charge >= 0.3 is 5.97 Å². The number of hydrogen-bond donors (Lipinski definition) is 0. The molecule has 2 amide bonds. The third kappa shape index (κ3) is 6.03. The van der Waals surface area contributed by atoms with Gasteiger partial charge in [0.1, 0.15) is 17.9 Å². The fraction of sp³-hybridized carbons (Fsp3) is 0.233. The van der Waals surface area contributed by atoms with Gasteiger partial charge < -0.3 is 14.5 Å². The topological polar surface area (TPSA) is 92.7 Å². The zero-order chi connectivity index (χ0) is 27.1. The van der Waals surface area contributed by atoms with Gasteiger partial charge in [-0.3, -0.25) is 9.59 Å². The molecule has 8 heteroatoms. The van der Waals surface area contributed by atoms with E-state index in [1.165, 1.54) is 6.08 Å². The lowest BCUT2D eigenvalue weighted by molar-refractivity contribution is -0.129. The van der Waals surface area contributed by atoms with Gasteiger partial charge in [0.05, 0.1) is 5.69 Å². The van der Waals surface area contributed by atoms with Gasteiger partial charge in [-0.1, -0.05) is 73.3 Å². The van der Waals surface area contributed by atoms with E-state index in [4.69, 9.17) is 4.74 Å². The monoisotopic (exact) mass is 510 g/mol. The minimum Gasteiger partial charge on any atom is -0.458 e. The third-order valence-corrected chi connectivity index (χ3v) is 6.28. The summed E-state index contributed by atoms with van der Waals surface area (Å²) < 4.78 is 5.25. The molecule has 2 heterocycles. The largest absolute Gasteiger partial charge is 0.458 e. The summed E-state index contributed by atoms with van der Waals surface area (Å²) in [4.78, 5) is 51.9. The highest BCUT2D eigenvalue weighted by atomic mass is 16.5. The van der Waals surface area contributed by atoms with E-state index in [-0.39, 0.29) is 29.8 Å². The van der Waals surface area contributed by atoms with E-state index in [2.05, 4.69) is 16.5 Å². The minimum absolute atomic E-state index is 0.000654. The summed E-state index contributed by atoms with van der Waals surface area (Å²) in [6.45, 7) is 8.09. The number of amides is 2. The molecule has 0 spiro atoms. The lowest BCUT2D eigenvalue weighted by Gasteiger charge is -2.39. The number of piperazine rings is 1. The van der Waals surface area contributed by atoms with Gasteiger partial charge in [-0.15, -0.1) is 0 Å². The van der Waals surface area contributed by atoms with Crippen LogP contribution in [0.5, 0.6) is 0 Å². The van der Waals surface area contributed by atoms with Crippen molar-refractivity contribution in [3.05, 3.63) is 102 Å². The molecule has 4 rings (SSSR count). The quantitative estimate of drug-likeness (QED) is 0.269. The molecule has 1 fully saturated rings. The first kappa shape index (κ1) is 26.5. The molecule has 0 aliphatic carbocycles. The molecular weight excluding hydrogens is 480 g/mol. The summed E-state index contributed by atoms with van der Waals surface area (Å²) in [6.07, 6.45) is 4.79. The normalized spacial score (nSPS) is 15.4. The van der Waals surface area contributed by atoms with Gasteiger partial charge in [0.15, 0.2) is 5.82 Å². The maximum Gasteiger partial charge on any atom is 0.342 e. The fourth-order valence-corrected chi connectivity index (χ4v) is 4.34. The molecule has 0 saturated carbocycles. The Labute approximate surface area is 222 Å². The highest BCUT2D eigenvalue weighted by Gasteiger charge is 2.33. The van der Waals surface area contributed by atoms with Gasteiger partial charge in [-0.2, -0.15) is 0 Å². The Kier molecular flexibility index (Phi) is 8.43. The predicted octanol–water partition coefficient (Wildman–Crippen LogP) is 4.18. The van der Waals surface area contributed by atoms with Crippen molar-refractivity contribution in [3.63, 3.8) is 0 Å². The number of aromatic nitrogens is 2. The Morgan fingerprint density at radius 2 is 1.71 bits per heavy atom. The second kappa shape index (κ2) is 12.1. The average Bonchev–Trinajstić information content (AvgIpc) is 2.94. The summed E-state index contributed by atoms with van der Waals surface area (Å²) in [6, 6.07) is 18.6. The van der Waals surface area contributed by atoms with E-state index in [9.17, 15) is 14.4 Å². The van der Waals surface area contributed by atoms with Gasteiger partial charge in [-0.05, 0) is 25.5 Å². The first-order valence-corrected chi connectivity index (χ1v) is 12.4. The van der Waals surface area contributed by atoms with Crippen molar-refractivity contribution in [2.75, 3.05) is 26.2 Å². The maximum absolute atomic E-state index is 13.8. The van der Waals surface area contributed by atoms with Crippen LogP contribution in [0.25, 0.3) is 17.5 Å². The molecule has 0 bridgehead atoms. The van der Waals surface area contributed by atoms with Gasteiger partial charge in [0.2, 0.25) is 5.91 Å². The van der Waals surface area contributed by atoms with E-state index in [0.717, 1.165) is 11.1 Å². The van der Waals surface area contributed by atoms with Crippen molar-refractivity contribution in [2.45, 2.75) is 19.9 Å². The highest BCUT2D eigenvalue weighted by Crippen LogP contribution is 2.22. The number of rotatable bonds is 7. The Balaban J connectivity index is 1.57. The van der Waals surface area contributed by atoms with Crippen LogP contribution in [0.4, 0.5) is 0 Å². The standard InChI is InChI=1S/C30H30N4O4/c1-4-19-38-30(37)26-22(3)31-28(24-13-9-6-10-14-24)32-27(26)29(36)33-17-18-34(21(2)20-33)25(35)16-15-23-11-7-5-8-12-23/h4-16,21H,1,17-20H2,2-3H3/b16-15+. The first-order valence-electron chi connectivity index (χ1n) is 12.4. The van der Waals surface area contributed by atoms with Crippen LogP contribution in [0.2, 0.25) is 0 Å². The lowest BCUT2D eigenvalue weighted by Crippen LogP contribution is -2.55. The molecule has 8 nitrogen and oxygen atoms in total. The van der Waals surface area contributed by atoms with E-state index in [1.54, 1.807) is 28.9 Å². The number of hydrogen-bond acceptors (Lipinski definition) is 6. The Hall–Kier alpha value is -4.59. The Morgan fingerprint density at radius 1 is 1.03 bits per heavy atom. The highest BCUT2D eigenvalue weighted by molar-refractivity contribution is 6.05. The number of ether oxygens (including phenoxy) is 1. The summed E-state index contributed by atoms with van der Waals surface area (Å²) in [5.41, 5.74) is 2.04. The van der Waals surface area contributed by atoms with E-state index < -0.39 is 11.9 Å². The molecule has 0 radical (unpaired) electrons. The number of aryl methyl sites for hydroxylation is 1. The molecule has 1 aliphatic heterocycles. The van der Waals surface area contributed by atoms with Crippen LogP contribution in [0.15, 0.2) is 79.4 Å². The van der Waals surface area contributed by atoms with Crippen LogP contribution in [0.1, 0.15) is 39.0 Å². The summed E-state index contributed by atoms with van der Waals surface area (Å²) in [5, 5.41) is 0. The van der Waals surface area contributed by atoms with Crippen molar-refractivity contribution in [2.24, 2.45) is 0 Å². The SMILES string of the molecule is C=CCOC(=O)c1c(C)nc(-c2ccccc2)nc1C(=O)N1CCN(C(=O)/C=C/c2ccccc2)C(C)C1. The molecule has 1 unspecified atom stereocenters. The van der Waals surface area contributed by atoms with Crippen molar-refractivity contribution in [1.82, 2.24) is 19.8 Å². The maximum atomic E-state index is 13.8. The smallest absolute Gasteiger partial charge is 0.342 e. The zero-order valence-electron chi connectivity index (χ0n) is 21.5. The average molecular weight is 511 g/mol. The predicted molar refractivity (Wildman–Crippen MR) is 145 cm³/mol. The van der Waals surface area contributed by atoms with Gasteiger partial charge in [0.25, 0.3) is 5.91 Å². The van der Waals surface area contributed by atoms with E-state index in [1.807, 2.05) is 67.6 Å². The molecular formula is C30H30N4O4. The minimum atomic E-state index is -0.682. The van der Waals surface area contributed by atoms with E-state index in [0.29, 0.717) is 31.2 Å². The number of benzene rings is 2.